The van der Waals surface area contributed by atoms with E-state index in [1.807, 2.05) is 19.9 Å². The number of amides is 1. The van der Waals surface area contributed by atoms with E-state index in [0.717, 1.165) is 0 Å². The topological polar surface area (TPSA) is 71.4 Å². The number of nitrogens with zero attached hydrogens (tertiary/aromatic N) is 1. The van der Waals surface area contributed by atoms with E-state index in [2.05, 4.69) is 11.9 Å². The molecule has 5 nitrogen and oxygen atoms in total. The summed E-state index contributed by atoms with van der Waals surface area (Å²) >= 11 is 0. The van der Waals surface area contributed by atoms with Crippen LogP contribution in [0.4, 0.5) is 0 Å². The minimum absolute atomic E-state index is 0.0105. The predicted octanol–water partition coefficient (Wildman–Crippen LogP) is 2.69. The molecule has 0 fully saturated rings. The van der Waals surface area contributed by atoms with Gasteiger partial charge in [0.05, 0.1) is 13.2 Å². The molecule has 1 aromatic carbocycles. The molecule has 0 radical (unpaired) electrons. The predicted molar refractivity (Wildman–Crippen MR) is 85.6 cm³/mol. The molecule has 1 aromatic rings. The first-order valence-electron chi connectivity index (χ1n) is 6.88. The van der Waals surface area contributed by atoms with Crippen LogP contribution in [0.25, 0.3) is 6.08 Å². The summed E-state index contributed by atoms with van der Waals surface area (Å²) in [5.74, 6) is 0.594. The Hall–Kier alpha value is -2.74. The third-order valence-electron chi connectivity index (χ3n) is 2.65. The summed E-state index contributed by atoms with van der Waals surface area (Å²) in [6, 6.07) is 7.19. The first-order chi connectivity index (χ1) is 10.5. The average Bonchev–Trinajstić information content (AvgIpc) is 2.50. The quantitative estimate of drug-likeness (QED) is 0.477. The molecule has 0 aliphatic rings. The van der Waals surface area contributed by atoms with Crippen molar-refractivity contribution in [2.45, 2.75) is 20.0 Å². The number of para-hydroxylation sites is 1. The number of hydrogen-bond donors (Lipinski definition) is 1. The van der Waals surface area contributed by atoms with Crippen molar-refractivity contribution < 1.29 is 14.3 Å². The van der Waals surface area contributed by atoms with Gasteiger partial charge in [-0.2, -0.15) is 5.26 Å². The first-order valence-corrected chi connectivity index (χ1v) is 6.88. The van der Waals surface area contributed by atoms with Gasteiger partial charge in [0.25, 0.3) is 5.91 Å². The number of nitriles is 1. The van der Waals surface area contributed by atoms with Gasteiger partial charge in [-0.1, -0.05) is 18.2 Å². The number of nitrogens with one attached hydrogen (secondary N) is 1. The maximum atomic E-state index is 11.9. The summed E-state index contributed by atoms with van der Waals surface area (Å²) < 4.78 is 11.0. The van der Waals surface area contributed by atoms with E-state index in [1.165, 1.54) is 13.2 Å². The number of benzene rings is 1. The number of carbonyl (C=O) groups is 1. The Kier molecular flexibility index (Phi) is 6.71. The van der Waals surface area contributed by atoms with Crippen LogP contribution in [0, 0.1) is 11.3 Å². The molecule has 0 aromatic heterocycles. The van der Waals surface area contributed by atoms with E-state index >= 15 is 0 Å². The van der Waals surface area contributed by atoms with Crippen LogP contribution in [0.3, 0.4) is 0 Å². The number of ether oxygens (including phenoxy) is 2. The van der Waals surface area contributed by atoms with Crippen molar-refractivity contribution in [1.29, 1.82) is 5.26 Å². The van der Waals surface area contributed by atoms with E-state index in [0.29, 0.717) is 23.6 Å². The molecular weight excluding hydrogens is 280 g/mol. The lowest BCUT2D eigenvalue weighted by Gasteiger charge is -2.16. The Morgan fingerprint density at radius 2 is 2.23 bits per heavy atom. The summed E-state index contributed by atoms with van der Waals surface area (Å²) in [7, 11) is 1.54. The molecule has 1 N–H and O–H groups in total. The lowest BCUT2D eigenvalue weighted by Crippen LogP contribution is -2.24. The first kappa shape index (κ1) is 17.3. The minimum Gasteiger partial charge on any atom is -0.493 e. The van der Waals surface area contributed by atoms with Gasteiger partial charge in [0.2, 0.25) is 0 Å². The van der Waals surface area contributed by atoms with Crippen molar-refractivity contribution in [2.24, 2.45) is 0 Å². The second-order valence-electron chi connectivity index (χ2n) is 4.71. The van der Waals surface area contributed by atoms with Gasteiger partial charge in [0, 0.05) is 12.1 Å². The van der Waals surface area contributed by atoms with Crippen molar-refractivity contribution in [1.82, 2.24) is 5.32 Å². The Morgan fingerprint density at radius 3 is 2.77 bits per heavy atom. The summed E-state index contributed by atoms with van der Waals surface area (Å²) in [4.78, 5) is 11.9. The molecule has 1 rings (SSSR count). The number of methoxy groups -OCH3 is 1. The van der Waals surface area contributed by atoms with Crippen LogP contribution >= 0.6 is 0 Å². The van der Waals surface area contributed by atoms with E-state index < -0.39 is 5.91 Å². The van der Waals surface area contributed by atoms with Gasteiger partial charge in [-0.25, -0.2) is 0 Å². The highest BCUT2D eigenvalue weighted by molar-refractivity contribution is 6.02. The molecule has 0 saturated carbocycles. The van der Waals surface area contributed by atoms with Crippen LogP contribution in [0.5, 0.6) is 11.5 Å². The van der Waals surface area contributed by atoms with Crippen molar-refractivity contribution in [3.05, 3.63) is 42.0 Å². The van der Waals surface area contributed by atoms with E-state index in [-0.39, 0.29) is 11.7 Å². The van der Waals surface area contributed by atoms with Gasteiger partial charge in [-0.15, -0.1) is 6.58 Å². The molecule has 0 unspecified atom stereocenters. The summed E-state index contributed by atoms with van der Waals surface area (Å²) in [6.07, 6.45) is 2.97. The third kappa shape index (κ3) is 4.67. The van der Waals surface area contributed by atoms with Gasteiger partial charge >= 0.3 is 0 Å². The molecule has 0 atom stereocenters. The maximum absolute atomic E-state index is 11.9. The molecule has 0 aliphatic carbocycles. The van der Waals surface area contributed by atoms with Crippen LogP contribution in [-0.2, 0) is 4.79 Å². The minimum atomic E-state index is -0.458. The highest BCUT2D eigenvalue weighted by atomic mass is 16.5. The molecule has 0 aliphatic heterocycles. The van der Waals surface area contributed by atoms with Crippen molar-refractivity contribution in [3.63, 3.8) is 0 Å². The molecule has 0 heterocycles. The monoisotopic (exact) mass is 300 g/mol. The number of hydrogen-bond acceptors (Lipinski definition) is 4. The second-order valence-corrected chi connectivity index (χ2v) is 4.71. The summed E-state index contributed by atoms with van der Waals surface area (Å²) in [5.41, 5.74) is 0.599. The molecule has 0 bridgehead atoms. The van der Waals surface area contributed by atoms with Crippen molar-refractivity contribution in [3.8, 4) is 17.6 Å². The fourth-order valence-electron chi connectivity index (χ4n) is 1.73. The van der Waals surface area contributed by atoms with Crippen molar-refractivity contribution in [2.75, 3.05) is 13.7 Å². The van der Waals surface area contributed by atoms with E-state index in [1.54, 1.807) is 24.3 Å². The Balaban J connectivity index is 3.23. The molecule has 5 heteroatoms. The van der Waals surface area contributed by atoms with Gasteiger partial charge in [-0.3, -0.25) is 4.79 Å². The van der Waals surface area contributed by atoms with Crippen LogP contribution in [0.1, 0.15) is 19.4 Å². The maximum Gasteiger partial charge on any atom is 0.262 e. The average molecular weight is 300 g/mol. The Bertz CT molecular complexity index is 613. The fraction of sp³-hybridized carbons (Fsp3) is 0.294. The summed E-state index contributed by atoms with van der Waals surface area (Å²) in [5, 5.41) is 11.8. The fourth-order valence-corrected chi connectivity index (χ4v) is 1.73. The normalized spacial score (nSPS) is 10.8. The lowest BCUT2D eigenvalue weighted by atomic mass is 10.1. The molecule has 0 saturated heterocycles. The second kappa shape index (κ2) is 8.53. The van der Waals surface area contributed by atoms with Gasteiger partial charge < -0.3 is 14.8 Å². The Labute approximate surface area is 130 Å². The van der Waals surface area contributed by atoms with Gasteiger partial charge in [0.15, 0.2) is 11.5 Å². The number of rotatable bonds is 7. The van der Waals surface area contributed by atoms with Crippen LogP contribution in [0.2, 0.25) is 0 Å². The zero-order valence-electron chi connectivity index (χ0n) is 13.1. The molecule has 116 valence electrons. The van der Waals surface area contributed by atoms with Gasteiger partial charge in [-0.05, 0) is 26.0 Å². The standard InChI is InChI=1S/C17H20N2O3/c1-5-9-19-17(20)14(11-18)10-13-7-6-8-15(21-4)16(13)22-12(2)3/h5-8,10,12H,1,9H2,2-4H3,(H,19,20)/b14-10+. The largest absolute Gasteiger partial charge is 0.493 e. The zero-order valence-corrected chi connectivity index (χ0v) is 13.1. The van der Waals surface area contributed by atoms with Crippen LogP contribution in [0.15, 0.2) is 36.4 Å². The van der Waals surface area contributed by atoms with Gasteiger partial charge in [0.1, 0.15) is 11.6 Å². The zero-order chi connectivity index (χ0) is 16.5. The molecule has 0 spiro atoms. The van der Waals surface area contributed by atoms with Crippen LogP contribution in [-0.4, -0.2) is 25.7 Å². The molecule has 1 amide bonds. The molecule has 22 heavy (non-hydrogen) atoms. The smallest absolute Gasteiger partial charge is 0.262 e. The Morgan fingerprint density at radius 1 is 1.50 bits per heavy atom. The highest BCUT2D eigenvalue weighted by Gasteiger charge is 2.14. The number of carbonyl (C=O) groups excluding carboxylic acids is 1. The summed E-state index contributed by atoms with van der Waals surface area (Å²) in [6.45, 7) is 7.60. The SMILES string of the molecule is C=CCNC(=O)/C(C#N)=C/c1cccc(OC)c1OC(C)C. The van der Waals surface area contributed by atoms with E-state index in [9.17, 15) is 10.1 Å². The van der Waals surface area contributed by atoms with Crippen LogP contribution < -0.4 is 14.8 Å². The highest BCUT2D eigenvalue weighted by Crippen LogP contribution is 2.33. The third-order valence-corrected chi connectivity index (χ3v) is 2.65. The molecular formula is C17H20N2O3. The van der Waals surface area contributed by atoms with E-state index in [4.69, 9.17) is 9.47 Å². The lowest BCUT2D eigenvalue weighted by molar-refractivity contribution is -0.116. The van der Waals surface area contributed by atoms with Crippen molar-refractivity contribution >= 4 is 12.0 Å².